The van der Waals surface area contributed by atoms with E-state index >= 15 is 0 Å². The Balaban J connectivity index is 1.81. The van der Waals surface area contributed by atoms with Gasteiger partial charge in [-0.05, 0) is 61.3 Å². The third-order valence-corrected chi connectivity index (χ3v) is 5.26. The maximum absolute atomic E-state index is 9.75. The van der Waals surface area contributed by atoms with Gasteiger partial charge >= 0.3 is 0 Å². The lowest BCUT2D eigenvalue weighted by Gasteiger charge is -2.49. The normalized spacial score (nSPS) is 33.9. The topological polar surface area (TPSA) is 23.5 Å². The zero-order valence-corrected chi connectivity index (χ0v) is 12.3. The zero-order chi connectivity index (χ0) is 14.1. The minimum absolute atomic E-state index is 0.404. The number of hydrogen-bond donors (Lipinski definition) is 1. The van der Waals surface area contributed by atoms with E-state index in [1.165, 1.54) is 31.4 Å². The Morgan fingerprint density at radius 3 is 3.00 bits per heavy atom. The van der Waals surface area contributed by atoms with Gasteiger partial charge in [-0.3, -0.25) is 4.90 Å². The van der Waals surface area contributed by atoms with E-state index in [4.69, 9.17) is 0 Å². The molecule has 2 fully saturated rings. The van der Waals surface area contributed by atoms with Gasteiger partial charge in [0.05, 0.1) is 0 Å². The second kappa shape index (κ2) is 5.61. The highest BCUT2D eigenvalue weighted by Crippen LogP contribution is 2.47. The summed E-state index contributed by atoms with van der Waals surface area (Å²) in [6, 6.07) is 8.65. The van der Waals surface area contributed by atoms with Gasteiger partial charge in [0.15, 0.2) is 0 Å². The van der Waals surface area contributed by atoms with E-state index in [0.29, 0.717) is 17.6 Å². The molecule has 2 aliphatic rings. The summed E-state index contributed by atoms with van der Waals surface area (Å²) in [5.74, 6) is 2.48. The van der Waals surface area contributed by atoms with E-state index < -0.39 is 0 Å². The average Bonchev–Trinajstić information content (AvgIpc) is 2.42. The molecule has 1 N–H and O–H groups in total. The number of likely N-dealkylation sites (tertiary alicyclic amines) is 1. The Bertz CT molecular complexity index is 482. The molecule has 1 aliphatic heterocycles. The Morgan fingerprint density at radius 1 is 1.40 bits per heavy atom. The van der Waals surface area contributed by atoms with Crippen LogP contribution in [0.4, 0.5) is 0 Å². The van der Waals surface area contributed by atoms with Crippen LogP contribution in [0.5, 0.6) is 5.75 Å². The first kappa shape index (κ1) is 13.7. The van der Waals surface area contributed by atoms with Crippen molar-refractivity contribution in [2.45, 2.75) is 38.1 Å². The number of aromatic hydroxyl groups is 1. The van der Waals surface area contributed by atoms with Gasteiger partial charge in [0.25, 0.3) is 0 Å². The number of piperidine rings is 1. The molecule has 2 nitrogen and oxygen atoms in total. The van der Waals surface area contributed by atoms with Gasteiger partial charge in [-0.2, -0.15) is 0 Å². The second-order valence-corrected chi connectivity index (χ2v) is 6.56. The molecule has 0 spiro atoms. The number of nitrogens with zero attached hydrogens (tertiary/aromatic N) is 1. The first-order valence-electron chi connectivity index (χ1n) is 7.83. The molecule has 4 unspecified atom stereocenters. The summed E-state index contributed by atoms with van der Waals surface area (Å²) in [6.07, 6.45) is 5.88. The third-order valence-electron chi connectivity index (χ3n) is 5.26. The molecular formula is C18H25NO. The highest BCUT2D eigenvalue weighted by molar-refractivity contribution is 5.31. The molecule has 108 valence electrons. The van der Waals surface area contributed by atoms with Crippen LogP contribution in [0.25, 0.3) is 0 Å². The molecule has 0 radical (unpaired) electrons. The molecule has 3 rings (SSSR count). The summed E-state index contributed by atoms with van der Waals surface area (Å²) in [5.41, 5.74) is 1.33. The maximum atomic E-state index is 9.75. The van der Waals surface area contributed by atoms with Crippen molar-refractivity contribution in [1.82, 2.24) is 4.90 Å². The van der Waals surface area contributed by atoms with Gasteiger partial charge < -0.3 is 5.11 Å². The molecule has 0 aromatic heterocycles. The van der Waals surface area contributed by atoms with E-state index in [1.807, 2.05) is 18.2 Å². The summed E-state index contributed by atoms with van der Waals surface area (Å²) < 4.78 is 0. The molecule has 1 aromatic carbocycles. The highest BCUT2D eigenvalue weighted by atomic mass is 16.3. The number of benzene rings is 1. The average molecular weight is 271 g/mol. The zero-order valence-electron chi connectivity index (χ0n) is 12.3. The summed E-state index contributed by atoms with van der Waals surface area (Å²) in [5, 5.41) is 9.75. The van der Waals surface area contributed by atoms with Crippen LogP contribution in [0.15, 0.2) is 36.9 Å². The van der Waals surface area contributed by atoms with Gasteiger partial charge in [0.1, 0.15) is 5.75 Å². The Labute approximate surface area is 122 Å². The van der Waals surface area contributed by atoms with Crippen molar-refractivity contribution in [3.05, 3.63) is 42.5 Å². The molecule has 2 bridgehead atoms. The number of phenolic OH excluding ortho intramolecular Hbond substituents is 1. The van der Waals surface area contributed by atoms with Gasteiger partial charge in [0, 0.05) is 12.6 Å². The van der Waals surface area contributed by atoms with E-state index in [1.54, 1.807) is 6.07 Å². The predicted octanol–water partition coefficient (Wildman–Crippen LogP) is 3.78. The number of phenols is 1. The second-order valence-electron chi connectivity index (χ2n) is 6.56. The van der Waals surface area contributed by atoms with E-state index in [-0.39, 0.29) is 0 Å². The van der Waals surface area contributed by atoms with E-state index in [0.717, 1.165) is 18.5 Å². The van der Waals surface area contributed by atoms with Crippen LogP contribution in [-0.2, 0) is 0 Å². The van der Waals surface area contributed by atoms with Crippen molar-refractivity contribution in [2.24, 2.45) is 11.8 Å². The Morgan fingerprint density at radius 2 is 2.25 bits per heavy atom. The monoisotopic (exact) mass is 271 g/mol. The fourth-order valence-electron chi connectivity index (χ4n) is 4.48. The van der Waals surface area contributed by atoms with Crippen LogP contribution >= 0.6 is 0 Å². The van der Waals surface area contributed by atoms with Crippen molar-refractivity contribution in [3.8, 4) is 5.75 Å². The van der Waals surface area contributed by atoms with Crippen LogP contribution in [0, 0.1) is 11.8 Å². The van der Waals surface area contributed by atoms with Crippen LogP contribution in [0.1, 0.15) is 37.7 Å². The summed E-state index contributed by atoms with van der Waals surface area (Å²) >= 11 is 0. The SMILES string of the molecule is C=CCN1CCC2CC1CC(C)C2c1cccc(O)c1. The van der Waals surface area contributed by atoms with Crippen LogP contribution < -0.4 is 0 Å². The van der Waals surface area contributed by atoms with Crippen molar-refractivity contribution >= 4 is 0 Å². The summed E-state index contributed by atoms with van der Waals surface area (Å²) in [6.45, 7) is 8.49. The smallest absolute Gasteiger partial charge is 0.115 e. The molecular weight excluding hydrogens is 246 g/mol. The fraction of sp³-hybridized carbons (Fsp3) is 0.556. The van der Waals surface area contributed by atoms with Crippen LogP contribution in [0.2, 0.25) is 0 Å². The lowest BCUT2D eigenvalue weighted by Crippen LogP contribution is -2.49. The van der Waals surface area contributed by atoms with Crippen molar-refractivity contribution < 1.29 is 5.11 Å². The fourth-order valence-corrected chi connectivity index (χ4v) is 4.48. The van der Waals surface area contributed by atoms with Crippen LogP contribution in [0.3, 0.4) is 0 Å². The minimum atomic E-state index is 0.404. The number of fused-ring (bicyclic) bond motifs is 2. The molecule has 1 saturated carbocycles. The number of rotatable bonds is 3. The van der Waals surface area contributed by atoms with E-state index in [2.05, 4.69) is 24.5 Å². The molecule has 2 heteroatoms. The Hall–Kier alpha value is -1.28. The van der Waals surface area contributed by atoms with Crippen molar-refractivity contribution in [3.63, 3.8) is 0 Å². The van der Waals surface area contributed by atoms with Crippen LogP contribution in [-0.4, -0.2) is 29.1 Å². The molecule has 1 saturated heterocycles. The molecule has 1 heterocycles. The largest absolute Gasteiger partial charge is 0.508 e. The van der Waals surface area contributed by atoms with Gasteiger partial charge in [-0.25, -0.2) is 0 Å². The standard InChI is InChI=1S/C18H25NO/c1-3-8-19-9-7-15-11-16(19)10-13(2)18(15)14-5-4-6-17(20)12-14/h3-6,12-13,15-16,18,20H,1,7-11H2,2H3. The molecule has 1 aromatic rings. The van der Waals surface area contributed by atoms with Gasteiger partial charge in [-0.1, -0.05) is 25.1 Å². The summed E-state index contributed by atoms with van der Waals surface area (Å²) in [7, 11) is 0. The predicted molar refractivity (Wildman–Crippen MR) is 82.9 cm³/mol. The Kier molecular flexibility index (Phi) is 3.84. The minimum Gasteiger partial charge on any atom is -0.508 e. The molecule has 20 heavy (non-hydrogen) atoms. The first-order valence-corrected chi connectivity index (χ1v) is 7.83. The van der Waals surface area contributed by atoms with E-state index in [9.17, 15) is 5.11 Å². The van der Waals surface area contributed by atoms with Crippen molar-refractivity contribution in [1.29, 1.82) is 0 Å². The van der Waals surface area contributed by atoms with Crippen molar-refractivity contribution in [2.75, 3.05) is 13.1 Å². The maximum Gasteiger partial charge on any atom is 0.115 e. The quantitative estimate of drug-likeness (QED) is 0.846. The lowest BCUT2D eigenvalue weighted by molar-refractivity contribution is 0.0427. The lowest BCUT2D eigenvalue weighted by atomic mass is 9.65. The molecule has 1 aliphatic carbocycles. The first-order chi connectivity index (χ1) is 9.69. The molecule has 4 atom stereocenters. The number of hydrogen-bond acceptors (Lipinski definition) is 2. The summed E-state index contributed by atoms with van der Waals surface area (Å²) in [4.78, 5) is 2.60. The third kappa shape index (κ3) is 2.49. The molecule has 0 amide bonds. The highest BCUT2D eigenvalue weighted by Gasteiger charge is 2.41. The van der Waals surface area contributed by atoms with Gasteiger partial charge in [0.2, 0.25) is 0 Å². The van der Waals surface area contributed by atoms with Gasteiger partial charge in [-0.15, -0.1) is 6.58 Å².